The molecule has 0 aliphatic carbocycles. The van der Waals surface area contributed by atoms with E-state index in [9.17, 15) is 14.4 Å². The SMILES string of the molecule is CCCCCCCCCCCCCCCCCC(=O)OC[C@H](COC(=O)CCCCCCCCCCCCCCCCC(C)CC)OC(=O)CCCCCCCCCCCCCCCCCCCCC(C)CC. The first-order chi connectivity index (χ1) is 35.8. The fraction of sp³-hybridized carbons (Fsp3) is 0.955. The van der Waals surface area contributed by atoms with Crippen molar-refractivity contribution in [2.24, 2.45) is 11.8 Å². The molecule has 0 saturated carbocycles. The van der Waals surface area contributed by atoms with E-state index in [0.29, 0.717) is 19.3 Å². The number of esters is 3. The third-order valence-electron chi connectivity index (χ3n) is 16.2. The van der Waals surface area contributed by atoms with Crippen molar-refractivity contribution in [3.63, 3.8) is 0 Å². The van der Waals surface area contributed by atoms with Gasteiger partial charge in [-0.3, -0.25) is 14.4 Å². The third-order valence-corrected chi connectivity index (χ3v) is 16.2. The van der Waals surface area contributed by atoms with Crippen molar-refractivity contribution >= 4 is 17.9 Å². The Morgan fingerprint density at radius 3 is 0.712 bits per heavy atom. The van der Waals surface area contributed by atoms with Gasteiger partial charge in [-0.15, -0.1) is 0 Å². The number of carbonyl (C=O) groups excluding carboxylic acids is 3. The van der Waals surface area contributed by atoms with E-state index >= 15 is 0 Å². The highest BCUT2D eigenvalue weighted by Crippen LogP contribution is 2.20. The summed E-state index contributed by atoms with van der Waals surface area (Å²) in [7, 11) is 0. The number of rotatable bonds is 61. The van der Waals surface area contributed by atoms with E-state index in [1.165, 1.54) is 270 Å². The zero-order valence-corrected chi connectivity index (χ0v) is 50.3. The van der Waals surface area contributed by atoms with Gasteiger partial charge < -0.3 is 14.2 Å². The van der Waals surface area contributed by atoms with Crippen molar-refractivity contribution in [2.75, 3.05) is 13.2 Å². The van der Waals surface area contributed by atoms with Gasteiger partial charge in [0.25, 0.3) is 0 Å². The van der Waals surface area contributed by atoms with Gasteiger partial charge in [0.15, 0.2) is 6.10 Å². The van der Waals surface area contributed by atoms with Gasteiger partial charge in [0.2, 0.25) is 0 Å². The molecule has 6 nitrogen and oxygen atoms in total. The molecule has 0 amide bonds. The lowest BCUT2D eigenvalue weighted by molar-refractivity contribution is -0.167. The molecule has 0 aromatic rings. The second-order valence-corrected chi connectivity index (χ2v) is 23.6. The molecule has 0 radical (unpaired) electrons. The van der Waals surface area contributed by atoms with E-state index in [2.05, 4.69) is 34.6 Å². The molecule has 0 aromatic heterocycles. The minimum Gasteiger partial charge on any atom is -0.462 e. The first-order valence-corrected chi connectivity index (χ1v) is 33.3. The predicted octanol–water partition coefficient (Wildman–Crippen LogP) is 22.4. The molecule has 6 heteroatoms. The van der Waals surface area contributed by atoms with Crippen molar-refractivity contribution in [2.45, 2.75) is 387 Å². The summed E-state index contributed by atoms with van der Waals surface area (Å²) in [6.45, 7) is 11.5. The van der Waals surface area contributed by atoms with Gasteiger partial charge in [-0.1, -0.05) is 343 Å². The first-order valence-electron chi connectivity index (χ1n) is 33.3. The van der Waals surface area contributed by atoms with E-state index in [1.807, 2.05) is 0 Å². The molecular formula is C67H130O6. The van der Waals surface area contributed by atoms with Gasteiger partial charge in [-0.2, -0.15) is 0 Å². The van der Waals surface area contributed by atoms with E-state index in [4.69, 9.17) is 14.2 Å². The molecule has 0 heterocycles. The minimum absolute atomic E-state index is 0.0616. The van der Waals surface area contributed by atoms with E-state index in [0.717, 1.165) is 69.6 Å². The molecule has 0 N–H and O–H groups in total. The van der Waals surface area contributed by atoms with Crippen LogP contribution in [0.2, 0.25) is 0 Å². The van der Waals surface area contributed by atoms with Crippen LogP contribution in [0.1, 0.15) is 381 Å². The Morgan fingerprint density at radius 1 is 0.274 bits per heavy atom. The van der Waals surface area contributed by atoms with E-state index < -0.39 is 6.10 Å². The highest BCUT2D eigenvalue weighted by atomic mass is 16.6. The van der Waals surface area contributed by atoms with Crippen molar-refractivity contribution in [1.29, 1.82) is 0 Å². The summed E-state index contributed by atoms with van der Waals surface area (Å²) in [6.07, 6.45) is 66.6. The van der Waals surface area contributed by atoms with E-state index in [1.54, 1.807) is 0 Å². The van der Waals surface area contributed by atoms with Crippen molar-refractivity contribution in [1.82, 2.24) is 0 Å². The Hall–Kier alpha value is -1.59. The van der Waals surface area contributed by atoms with Gasteiger partial charge in [-0.25, -0.2) is 0 Å². The van der Waals surface area contributed by atoms with Crippen LogP contribution in [0.15, 0.2) is 0 Å². The second-order valence-electron chi connectivity index (χ2n) is 23.6. The lowest BCUT2D eigenvalue weighted by atomic mass is 9.99. The molecular weight excluding hydrogens is 901 g/mol. The van der Waals surface area contributed by atoms with Crippen LogP contribution >= 0.6 is 0 Å². The number of carbonyl (C=O) groups is 3. The Balaban J connectivity index is 4.27. The largest absolute Gasteiger partial charge is 0.462 e. The lowest BCUT2D eigenvalue weighted by Crippen LogP contribution is -2.30. The zero-order valence-electron chi connectivity index (χ0n) is 50.3. The zero-order chi connectivity index (χ0) is 53.2. The normalized spacial score (nSPS) is 12.8. The average molecular weight is 1030 g/mol. The van der Waals surface area contributed by atoms with Crippen LogP contribution in [-0.2, 0) is 28.6 Å². The number of unbranched alkanes of at least 4 members (excludes halogenated alkanes) is 44. The van der Waals surface area contributed by atoms with Gasteiger partial charge in [0.05, 0.1) is 0 Å². The van der Waals surface area contributed by atoms with Gasteiger partial charge in [-0.05, 0) is 31.1 Å². The monoisotopic (exact) mass is 1030 g/mol. The van der Waals surface area contributed by atoms with Crippen LogP contribution in [0.3, 0.4) is 0 Å². The summed E-state index contributed by atoms with van der Waals surface area (Å²) in [5.41, 5.74) is 0. The van der Waals surface area contributed by atoms with E-state index in [-0.39, 0.29) is 31.1 Å². The van der Waals surface area contributed by atoms with Crippen LogP contribution in [0.25, 0.3) is 0 Å². The Labute approximate surface area is 457 Å². The quantitative estimate of drug-likeness (QED) is 0.0343. The van der Waals surface area contributed by atoms with Gasteiger partial charge >= 0.3 is 17.9 Å². The first kappa shape index (κ1) is 71.4. The number of hydrogen-bond donors (Lipinski definition) is 0. The fourth-order valence-corrected chi connectivity index (χ4v) is 10.4. The minimum atomic E-state index is -0.764. The molecule has 0 fully saturated rings. The van der Waals surface area contributed by atoms with Gasteiger partial charge in [0, 0.05) is 19.3 Å². The maximum Gasteiger partial charge on any atom is 0.306 e. The maximum absolute atomic E-state index is 12.9. The summed E-state index contributed by atoms with van der Waals surface area (Å²) in [5.74, 6) is 0.977. The Kier molecular flexibility index (Phi) is 58.4. The van der Waals surface area contributed by atoms with Crippen LogP contribution in [0.5, 0.6) is 0 Å². The summed E-state index contributed by atoms with van der Waals surface area (Å²) >= 11 is 0. The highest BCUT2D eigenvalue weighted by Gasteiger charge is 2.20. The second kappa shape index (κ2) is 59.7. The van der Waals surface area contributed by atoms with Crippen LogP contribution in [0.4, 0.5) is 0 Å². The summed E-state index contributed by atoms with van der Waals surface area (Å²) in [4.78, 5) is 38.4. The lowest BCUT2D eigenvalue weighted by Gasteiger charge is -2.18. The van der Waals surface area contributed by atoms with Gasteiger partial charge in [0.1, 0.15) is 13.2 Å². The van der Waals surface area contributed by atoms with Crippen molar-refractivity contribution < 1.29 is 28.6 Å². The average Bonchev–Trinajstić information content (AvgIpc) is 3.39. The third kappa shape index (κ3) is 57.9. The molecule has 0 aliphatic rings. The molecule has 0 aromatic carbocycles. The van der Waals surface area contributed by atoms with Crippen LogP contribution < -0.4 is 0 Å². The number of hydrogen-bond acceptors (Lipinski definition) is 6. The van der Waals surface area contributed by atoms with Crippen LogP contribution in [-0.4, -0.2) is 37.2 Å². The van der Waals surface area contributed by atoms with Crippen LogP contribution in [0, 0.1) is 11.8 Å². The summed E-state index contributed by atoms with van der Waals surface area (Å²) < 4.78 is 17.0. The maximum atomic E-state index is 12.9. The van der Waals surface area contributed by atoms with Crippen molar-refractivity contribution in [3.8, 4) is 0 Å². The Bertz CT molecular complexity index is 1120. The predicted molar refractivity (Wildman–Crippen MR) is 316 cm³/mol. The number of ether oxygens (including phenoxy) is 3. The molecule has 2 unspecified atom stereocenters. The summed E-state index contributed by atoms with van der Waals surface area (Å²) in [5, 5.41) is 0. The molecule has 0 rings (SSSR count). The fourth-order valence-electron chi connectivity index (χ4n) is 10.4. The molecule has 0 spiro atoms. The molecule has 0 bridgehead atoms. The topological polar surface area (TPSA) is 78.9 Å². The molecule has 73 heavy (non-hydrogen) atoms. The summed E-state index contributed by atoms with van der Waals surface area (Å²) in [6, 6.07) is 0. The van der Waals surface area contributed by atoms with Crippen molar-refractivity contribution in [3.05, 3.63) is 0 Å². The Morgan fingerprint density at radius 2 is 0.479 bits per heavy atom. The molecule has 0 saturated heterocycles. The standard InChI is InChI=1S/C67H130O6/c1-6-9-10-11-12-13-14-15-20-27-32-37-42-47-52-57-65(68)71-60-64(61-72-66(69)58-53-48-43-38-33-28-24-23-26-31-36-41-46-51-56-63(5)8-3)73-67(70)59-54-49-44-39-34-29-22-19-17-16-18-21-25-30-35-40-45-50-55-62(4)7-2/h62-64H,6-61H2,1-5H3/t62?,63?,64-/m1/s1. The molecule has 3 atom stereocenters. The molecule has 0 aliphatic heterocycles. The smallest absolute Gasteiger partial charge is 0.306 e. The highest BCUT2D eigenvalue weighted by molar-refractivity contribution is 5.71. The molecule has 434 valence electrons.